The van der Waals surface area contributed by atoms with Gasteiger partial charge in [-0.3, -0.25) is 0 Å². The second kappa shape index (κ2) is 10.3. The maximum Gasteiger partial charge on any atom is 0.0720 e. The molecule has 156 valence electrons. The van der Waals surface area contributed by atoms with Crippen LogP contribution in [0.15, 0.2) is 48.5 Å². The molecular formula is C26H36N2O. The summed E-state index contributed by atoms with van der Waals surface area (Å²) in [5.41, 5.74) is 5.30. The number of rotatable bonds is 7. The summed E-state index contributed by atoms with van der Waals surface area (Å²) in [5, 5.41) is 3.56. The monoisotopic (exact) mass is 392 g/mol. The molecular weight excluding hydrogens is 356 g/mol. The highest BCUT2D eigenvalue weighted by molar-refractivity contribution is 5.46. The second-order valence-corrected chi connectivity index (χ2v) is 8.94. The molecule has 3 heteroatoms. The lowest BCUT2D eigenvalue weighted by molar-refractivity contribution is 0.00213. The number of nitrogens with zero attached hydrogens (tertiary/aromatic N) is 1. The third-order valence-corrected chi connectivity index (χ3v) is 6.66. The fourth-order valence-corrected chi connectivity index (χ4v) is 4.63. The van der Waals surface area contributed by atoms with Gasteiger partial charge >= 0.3 is 0 Å². The molecule has 3 nitrogen and oxygen atoms in total. The number of benzene rings is 2. The fourth-order valence-electron chi connectivity index (χ4n) is 4.63. The molecule has 1 N–H and O–H groups in total. The van der Waals surface area contributed by atoms with E-state index in [1.54, 1.807) is 0 Å². The van der Waals surface area contributed by atoms with Gasteiger partial charge in [-0.1, -0.05) is 55.7 Å². The summed E-state index contributed by atoms with van der Waals surface area (Å²) in [7, 11) is 2.19. The van der Waals surface area contributed by atoms with Crippen LogP contribution >= 0.6 is 0 Å². The molecule has 0 unspecified atom stereocenters. The van der Waals surface area contributed by atoms with Crippen LogP contribution in [-0.2, 0) is 17.9 Å². The first-order chi connectivity index (χ1) is 14.3. The highest BCUT2D eigenvalue weighted by atomic mass is 16.5. The van der Waals surface area contributed by atoms with Crippen LogP contribution in [0.2, 0.25) is 0 Å². The van der Waals surface area contributed by atoms with E-state index in [9.17, 15) is 0 Å². The molecule has 2 fully saturated rings. The van der Waals surface area contributed by atoms with Crippen molar-refractivity contribution < 1.29 is 4.74 Å². The van der Waals surface area contributed by atoms with Gasteiger partial charge in [0.25, 0.3) is 0 Å². The van der Waals surface area contributed by atoms with Crippen LogP contribution < -0.4 is 5.32 Å². The molecule has 2 aromatic carbocycles. The highest BCUT2D eigenvalue weighted by Gasteiger charge is 2.17. The normalized spacial score (nSPS) is 19.3. The summed E-state index contributed by atoms with van der Waals surface area (Å²) >= 11 is 0. The molecule has 2 aliphatic rings. The molecule has 1 saturated heterocycles. The topological polar surface area (TPSA) is 24.5 Å². The molecule has 0 spiro atoms. The Morgan fingerprint density at radius 3 is 2.17 bits per heavy atom. The Kier molecular flexibility index (Phi) is 7.23. The average Bonchev–Trinajstić information content (AvgIpc) is 2.79. The van der Waals surface area contributed by atoms with E-state index in [4.69, 9.17) is 4.74 Å². The Balaban J connectivity index is 1.21. The van der Waals surface area contributed by atoms with Crippen molar-refractivity contribution in [2.24, 2.45) is 0 Å². The van der Waals surface area contributed by atoms with Gasteiger partial charge in [0, 0.05) is 25.3 Å². The van der Waals surface area contributed by atoms with Gasteiger partial charge in [-0.25, -0.2) is 0 Å². The van der Waals surface area contributed by atoms with Crippen molar-refractivity contribution >= 4 is 5.69 Å². The van der Waals surface area contributed by atoms with Crippen molar-refractivity contribution in [2.75, 3.05) is 25.5 Å². The Bertz CT molecular complexity index is 726. The quantitative estimate of drug-likeness (QED) is 0.629. The minimum atomic E-state index is 0.420. The average molecular weight is 393 g/mol. The molecule has 0 radical (unpaired) electrons. The summed E-state index contributed by atoms with van der Waals surface area (Å²) in [6, 6.07) is 18.0. The van der Waals surface area contributed by atoms with Gasteiger partial charge in [-0.15, -0.1) is 0 Å². The van der Waals surface area contributed by atoms with Crippen LogP contribution in [0.25, 0.3) is 0 Å². The van der Waals surface area contributed by atoms with Crippen LogP contribution in [0.1, 0.15) is 67.6 Å². The van der Waals surface area contributed by atoms with E-state index < -0.39 is 0 Å². The first-order valence-corrected chi connectivity index (χ1v) is 11.5. The standard InChI is InChI=1S/C26H36N2O/c1-28-17-15-26(16-18-28)29-20-22-9-7-21(8-10-22)19-27-25-13-11-24(12-14-25)23-5-3-2-4-6-23/h7-14,23,26-27H,2-6,15-20H2,1H3. The summed E-state index contributed by atoms with van der Waals surface area (Å²) in [4.78, 5) is 2.38. The van der Waals surface area contributed by atoms with Gasteiger partial charge in [0.2, 0.25) is 0 Å². The number of likely N-dealkylation sites (tertiary alicyclic amines) is 1. The number of hydrogen-bond donors (Lipinski definition) is 1. The van der Waals surface area contributed by atoms with Crippen molar-refractivity contribution in [1.82, 2.24) is 4.90 Å². The fraction of sp³-hybridized carbons (Fsp3) is 0.538. The predicted molar refractivity (Wildman–Crippen MR) is 121 cm³/mol. The Morgan fingerprint density at radius 2 is 1.48 bits per heavy atom. The first-order valence-electron chi connectivity index (χ1n) is 11.5. The molecule has 0 aromatic heterocycles. The van der Waals surface area contributed by atoms with Crippen LogP contribution in [0.5, 0.6) is 0 Å². The van der Waals surface area contributed by atoms with Gasteiger partial charge < -0.3 is 15.0 Å². The van der Waals surface area contributed by atoms with E-state index in [-0.39, 0.29) is 0 Å². The molecule has 1 heterocycles. The third-order valence-electron chi connectivity index (χ3n) is 6.66. The molecule has 4 rings (SSSR count). The highest BCUT2D eigenvalue weighted by Crippen LogP contribution is 2.33. The first kappa shape index (κ1) is 20.4. The van der Waals surface area contributed by atoms with E-state index in [1.165, 1.54) is 54.5 Å². The number of hydrogen-bond acceptors (Lipinski definition) is 3. The van der Waals surface area contributed by atoms with Crippen molar-refractivity contribution in [3.8, 4) is 0 Å². The minimum Gasteiger partial charge on any atom is -0.381 e. The summed E-state index contributed by atoms with van der Waals surface area (Å²) in [6.45, 7) is 3.89. The summed E-state index contributed by atoms with van der Waals surface area (Å²) in [5.74, 6) is 0.780. The van der Waals surface area contributed by atoms with Crippen LogP contribution in [-0.4, -0.2) is 31.1 Å². The van der Waals surface area contributed by atoms with Crippen molar-refractivity contribution in [1.29, 1.82) is 0 Å². The van der Waals surface area contributed by atoms with Crippen molar-refractivity contribution in [3.05, 3.63) is 65.2 Å². The van der Waals surface area contributed by atoms with Gasteiger partial charge in [0.05, 0.1) is 12.7 Å². The smallest absolute Gasteiger partial charge is 0.0720 e. The van der Waals surface area contributed by atoms with Crippen LogP contribution in [0, 0.1) is 0 Å². The van der Waals surface area contributed by atoms with E-state index in [0.717, 1.165) is 45.0 Å². The lowest BCUT2D eigenvalue weighted by atomic mass is 9.84. The van der Waals surface area contributed by atoms with E-state index in [2.05, 4.69) is 65.8 Å². The Hall–Kier alpha value is -1.84. The molecule has 0 atom stereocenters. The molecule has 0 amide bonds. The molecule has 29 heavy (non-hydrogen) atoms. The van der Waals surface area contributed by atoms with Gasteiger partial charge in [-0.05, 0) is 67.5 Å². The lowest BCUT2D eigenvalue weighted by Gasteiger charge is -2.28. The van der Waals surface area contributed by atoms with Gasteiger partial charge in [-0.2, -0.15) is 0 Å². The molecule has 1 aliphatic carbocycles. The summed E-state index contributed by atoms with van der Waals surface area (Å²) < 4.78 is 6.11. The summed E-state index contributed by atoms with van der Waals surface area (Å²) in [6.07, 6.45) is 9.65. The lowest BCUT2D eigenvalue weighted by Crippen LogP contribution is -2.34. The molecule has 2 aromatic rings. The predicted octanol–water partition coefficient (Wildman–Crippen LogP) is 5.96. The van der Waals surface area contributed by atoms with Crippen LogP contribution in [0.4, 0.5) is 5.69 Å². The van der Waals surface area contributed by atoms with Crippen molar-refractivity contribution in [3.63, 3.8) is 0 Å². The van der Waals surface area contributed by atoms with Gasteiger partial charge in [0.1, 0.15) is 0 Å². The zero-order valence-electron chi connectivity index (χ0n) is 17.9. The second-order valence-electron chi connectivity index (χ2n) is 8.94. The molecule has 1 saturated carbocycles. The Labute approximate surface area is 176 Å². The largest absolute Gasteiger partial charge is 0.381 e. The van der Waals surface area contributed by atoms with E-state index in [0.29, 0.717) is 6.10 Å². The van der Waals surface area contributed by atoms with Crippen LogP contribution in [0.3, 0.4) is 0 Å². The molecule has 0 bridgehead atoms. The maximum absolute atomic E-state index is 6.11. The number of anilines is 1. The number of piperidine rings is 1. The number of ether oxygens (including phenoxy) is 1. The molecule has 1 aliphatic heterocycles. The zero-order valence-corrected chi connectivity index (χ0v) is 17.9. The Morgan fingerprint density at radius 1 is 0.828 bits per heavy atom. The van der Waals surface area contributed by atoms with E-state index >= 15 is 0 Å². The van der Waals surface area contributed by atoms with Gasteiger partial charge in [0.15, 0.2) is 0 Å². The van der Waals surface area contributed by atoms with E-state index in [1.807, 2.05) is 0 Å². The van der Waals surface area contributed by atoms with Crippen molar-refractivity contribution in [2.45, 2.75) is 70.1 Å². The maximum atomic E-state index is 6.11. The zero-order chi connectivity index (χ0) is 19.9. The SMILES string of the molecule is CN1CCC(OCc2ccc(CNc3ccc(C4CCCCC4)cc3)cc2)CC1. The third kappa shape index (κ3) is 6.07. The number of nitrogens with one attached hydrogen (secondary N) is 1. The minimum absolute atomic E-state index is 0.420.